The number of aliphatic hydroxyl groups excluding tert-OH is 1. The minimum Gasteiger partial charge on any atom is -0.497 e. The SMILES string of the molecule is COCCCN1CC[C@@H](CNC(=O)c2cc(OC)cc3c2OCCCO3)[C@H](O)C1. The molecule has 162 valence electrons. The summed E-state index contributed by atoms with van der Waals surface area (Å²) in [5.74, 6) is 1.30. The van der Waals surface area contributed by atoms with Gasteiger partial charge in [-0.1, -0.05) is 0 Å². The predicted octanol–water partition coefficient (Wildman–Crippen LogP) is 1.31. The average molecular weight is 408 g/mol. The standard InChI is InChI=1S/C21H32N2O6/c1-26-8-3-6-23-7-5-15(18(24)14-23)13-22-21(25)17-11-16(27-2)12-19-20(17)29-10-4-9-28-19/h11-12,15,18,24H,3-10,13-14H2,1-2H3,(H,22,25)/t15-,18+/m0/s1. The normalized spacial score (nSPS) is 22.0. The molecule has 29 heavy (non-hydrogen) atoms. The summed E-state index contributed by atoms with van der Waals surface area (Å²) in [6, 6.07) is 3.40. The molecule has 1 fully saturated rings. The summed E-state index contributed by atoms with van der Waals surface area (Å²) in [5.41, 5.74) is 0.396. The Labute approximate surface area is 172 Å². The van der Waals surface area contributed by atoms with Crippen molar-refractivity contribution in [1.82, 2.24) is 10.2 Å². The zero-order valence-electron chi connectivity index (χ0n) is 17.3. The van der Waals surface area contributed by atoms with Crippen LogP contribution in [0.4, 0.5) is 0 Å². The first-order valence-corrected chi connectivity index (χ1v) is 10.3. The molecule has 0 unspecified atom stereocenters. The average Bonchev–Trinajstić information content (AvgIpc) is 2.97. The lowest BCUT2D eigenvalue weighted by molar-refractivity contribution is 0.0192. The Morgan fingerprint density at radius 1 is 1.31 bits per heavy atom. The summed E-state index contributed by atoms with van der Waals surface area (Å²) >= 11 is 0. The van der Waals surface area contributed by atoms with Gasteiger partial charge in [0.25, 0.3) is 5.91 Å². The highest BCUT2D eigenvalue weighted by molar-refractivity contribution is 5.98. The third-order valence-corrected chi connectivity index (χ3v) is 5.45. The van der Waals surface area contributed by atoms with Gasteiger partial charge in [0.15, 0.2) is 11.5 Å². The van der Waals surface area contributed by atoms with Gasteiger partial charge in [0.05, 0.1) is 32.0 Å². The fourth-order valence-corrected chi connectivity index (χ4v) is 3.77. The van der Waals surface area contributed by atoms with Crippen LogP contribution in [0.2, 0.25) is 0 Å². The van der Waals surface area contributed by atoms with E-state index in [4.69, 9.17) is 18.9 Å². The van der Waals surface area contributed by atoms with Crippen LogP contribution in [-0.2, 0) is 4.74 Å². The van der Waals surface area contributed by atoms with E-state index in [1.165, 1.54) is 0 Å². The van der Waals surface area contributed by atoms with E-state index in [1.807, 2.05) is 0 Å². The summed E-state index contributed by atoms with van der Waals surface area (Å²) in [4.78, 5) is 15.1. The fourth-order valence-electron chi connectivity index (χ4n) is 3.77. The number of β-amino-alcohol motifs (C(OH)–C–C–N with tert-alkyl or cyclic N) is 1. The Morgan fingerprint density at radius 3 is 2.90 bits per heavy atom. The highest BCUT2D eigenvalue weighted by Gasteiger charge is 2.29. The van der Waals surface area contributed by atoms with Gasteiger partial charge in [0, 0.05) is 51.8 Å². The molecule has 2 aliphatic heterocycles. The molecule has 3 rings (SSSR count). The number of carbonyl (C=O) groups excluding carboxylic acids is 1. The van der Waals surface area contributed by atoms with Gasteiger partial charge in [-0.3, -0.25) is 4.79 Å². The molecule has 1 aromatic rings. The highest BCUT2D eigenvalue weighted by Crippen LogP contribution is 2.37. The number of aliphatic hydroxyl groups is 1. The van der Waals surface area contributed by atoms with Gasteiger partial charge < -0.3 is 34.3 Å². The topological polar surface area (TPSA) is 89.5 Å². The quantitative estimate of drug-likeness (QED) is 0.627. The number of fused-ring (bicyclic) bond motifs is 1. The molecule has 1 saturated heterocycles. The Morgan fingerprint density at radius 2 is 2.14 bits per heavy atom. The van der Waals surface area contributed by atoms with E-state index < -0.39 is 6.10 Å². The zero-order valence-corrected chi connectivity index (χ0v) is 17.3. The van der Waals surface area contributed by atoms with Crippen LogP contribution < -0.4 is 19.5 Å². The number of hydrogen-bond acceptors (Lipinski definition) is 7. The van der Waals surface area contributed by atoms with Gasteiger partial charge in [0.2, 0.25) is 0 Å². The van der Waals surface area contributed by atoms with Gasteiger partial charge in [0.1, 0.15) is 5.75 Å². The van der Waals surface area contributed by atoms with E-state index in [-0.39, 0.29) is 11.8 Å². The molecule has 0 aromatic heterocycles. The van der Waals surface area contributed by atoms with Crippen LogP contribution in [0.15, 0.2) is 12.1 Å². The maximum atomic E-state index is 12.9. The first-order chi connectivity index (χ1) is 14.1. The van der Waals surface area contributed by atoms with E-state index in [0.29, 0.717) is 49.1 Å². The van der Waals surface area contributed by atoms with E-state index >= 15 is 0 Å². The molecule has 1 aromatic carbocycles. The molecule has 2 aliphatic rings. The Hall–Kier alpha value is -2.03. The van der Waals surface area contributed by atoms with Gasteiger partial charge in [-0.05, 0) is 25.5 Å². The van der Waals surface area contributed by atoms with Crippen LogP contribution in [0.5, 0.6) is 17.2 Å². The summed E-state index contributed by atoms with van der Waals surface area (Å²) in [7, 11) is 3.25. The summed E-state index contributed by atoms with van der Waals surface area (Å²) < 4.78 is 21.9. The minimum atomic E-state index is -0.464. The number of methoxy groups -OCH3 is 2. The van der Waals surface area contributed by atoms with Crippen molar-refractivity contribution >= 4 is 5.91 Å². The van der Waals surface area contributed by atoms with Gasteiger partial charge in [-0.2, -0.15) is 0 Å². The zero-order chi connectivity index (χ0) is 20.6. The van der Waals surface area contributed by atoms with Crippen LogP contribution in [0.1, 0.15) is 29.6 Å². The van der Waals surface area contributed by atoms with Gasteiger partial charge in [-0.25, -0.2) is 0 Å². The molecule has 8 nitrogen and oxygen atoms in total. The molecular formula is C21H32N2O6. The number of amides is 1. The summed E-state index contributed by atoms with van der Waals surface area (Å²) in [6.07, 6.45) is 2.08. The summed E-state index contributed by atoms with van der Waals surface area (Å²) in [6.45, 7) is 4.62. The minimum absolute atomic E-state index is 0.0269. The van der Waals surface area contributed by atoms with Crippen molar-refractivity contribution < 1.29 is 28.8 Å². The van der Waals surface area contributed by atoms with Gasteiger partial charge >= 0.3 is 0 Å². The number of ether oxygens (including phenoxy) is 4. The number of benzene rings is 1. The van der Waals surface area contributed by atoms with E-state index in [0.717, 1.165) is 39.0 Å². The van der Waals surface area contributed by atoms with Crippen molar-refractivity contribution in [2.75, 3.05) is 60.2 Å². The molecular weight excluding hydrogens is 376 g/mol. The monoisotopic (exact) mass is 408 g/mol. The van der Waals surface area contributed by atoms with Crippen LogP contribution >= 0.6 is 0 Å². The molecule has 8 heteroatoms. The van der Waals surface area contributed by atoms with Crippen molar-refractivity contribution in [1.29, 1.82) is 0 Å². The maximum absolute atomic E-state index is 12.9. The molecule has 2 heterocycles. The van der Waals surface area contributed by atoms with Crippen molar-refractivity contribution in [3.05, 3.63) is 17.7 Å². The number of carbonyl (C=O) groups is 1. The molecule has 1 amide bonds. The van der Waals surface area contributed by atoms with E-state index in [9.17, 15) is 9.90 Å². The van der Waals surface area contributed by atoms with E-state index in [1.54, 1.807) is 26.4 Å². The molecule has 0 bridgehead atoms. The number of nitrogens with zero attached hydrogens (tertiary/aromatic N) is 1. The molecule has 0 spiro atoms. The van der Waals surface area contributed by atoms with Gasteiger partial charge in [-0.15, -0.1) is 0 Å². The Balaban J connectivity index is 1.58. The number of piperidine rings is 1. The first-order valence-electron chi connectivity index (χ1n) is 10.3. The van der Waals surface area contributed by atoms with Crippen LogP contribution in [0, 0.1) is 5.92 Å². The van der Waals surface area contributed by atoms with Crippen molar-refractivity contribution in [2.45, 2.75) is 25.4 Å². The van der Waals surface area contributed by atoms with Crippen molar-refractivity contribution in [2.24, 2.45) is 5.92 Å². The van der Waals surface area contributed by atoms with Crippen LogP contribution in [-0.4, -0.2) is 82.2 Å². The number of likely N-dealkylation sites (tertiary alicyclic amines) is 1. The van der Waals surface area contributed by atoms with Crippen molar-refractivity contribution in [3.63, 3.8) is 0 Å². The lowest BCUT2D eigenvalue weighted by Crippen LogP contribution is -2.48. The van der Waals surface area contributed by atoms with Crippen LogP contribution in [0.25, 0.3) is 0 Å². The fraction of sp³-hybridized carbons (Fsp3) is 0.667. The third kappa shape index (κ3) is 5.74. The lowest BCUT2D eigenvalue weighted by atomic mass is 9.93. The number of hydrogen-bond donors (Lipinski definition) is 2. The van der Waals surface area contributed by atoms with Crippen molar-refractivity contribution in [3.8, 4) is 17.2 Å². The number of nitrogens with one attached hydrogen (secondary N) is 1. The van der Waals surface area contributed by atoms with Crippen LogP contribution in [0.3, 0.4) is 0 Å². The predicted molar refractivity (Wildman–Crippen MR) is 108 cm³/mol. The molecule has 0 saturated carbocycles. The number of rotatable bonds is 8. The molecule has 0 radical (unpaired) electrons. The largest absolute Gasteiger partial charge is 0.497 e. The first kappa shape index (κ1) is 21.7. The third-order valence-electron chi connectivity index (χ3n) is 5.45. The maximum Gasteiger partial charge on any atom is 0.255 e. The second kappa shape index (κ2) is 10.7. The molecule has 0 aliphatic carbocycles. The Bertz CT molecular complexity index is 683. The highest BCUT2D eigenvalue weighted by atomic mass is 16.5. The molecule has 2 atom stereocenters. The second-order valence-corrected chi connectivity index (χ2v) is 7.53. The Kier molecular flexibility index (Phi) is 7.97. The smallest absolute Gasteiger partial charge is 0.255 e. The second-order valence-electron chi connectivity index (χ2n) is 7.53. The summed E-state index contributed by atoms with van der Waals surface area (Å²) in [5, 5.41) is 13.5. The van der Waals surface area contributed by atoms with E-state index in [2.05, 4.69) is 10.2 Å². The molecule has 2 N–H and O–H groups in total. The lowest BCUT2D eigenvalue weighted by Gasteiger charge is -2.36.